The molecule has 2 rings (SSSR count). The summed E-state index contributed by atoms with van der Waals surface area (Å²) in [5.41, 5.74) is 0.224. The fourth-order valence-electron chi connectivity index (χ4n) is 2.51. The van der Waals surface area contributed by atoms with Crippen molar-refractivity contribution in [2.45, 2.75) is 51.2 Å². The van der Waals surface area contributed by atoms with E-state index < -0.39 is 30.1 Å². The number of halogens is 3. The number of hydrogen-bond acceptors (Lipinski definition) is 4. The maximum atomic E-state index is 13.2. The number of nitriles is 1. The van der Waals surface area contributed by atoms with Gasteiger partial charge in [-0.3, -0.25) is 4.90 Å². The van der Waals surface area contributed by atoms with Crippen LogP contribution in [-0.2, 0) is 15.9 Å². The summed E-state index contributed by atoms with van der Waals surface area (Å²) in [6.07, 6.45) is -7.94. The molecule has 1 aliphatic heterocycles. The molecule has 0 radical (unpaired) electrons. The van der Waals surface area contributed by atoms with Crippen LogP contribution >= 0.6 is 0 Å². The van der Waals surface area contributed by atoms with Gasteiger partial charge in [0.25, 0.3) is 0 Å². The summed E-state index contributed by atoms with van der Waals surface area (Å²) < 4.78 is 49.6. The Morgan fingerprint density at radius 1 is 1.32 bits per heavy atom. The van der Waals surface area contributed by atoms with E-state index in [-0.39, 0.29) is 13.0 Å². The number of hydrogen-bond donors (Lipinski definition) is 0. The molecule has 1 heterocycles. The lowest BCUT2D eigenvalue weighted by atomic mass is 10.0. The summed E-state index contributed by atoms with van der Waals surface area (Å²) in [4.78, 5) is 12.9. The minimum atomic E-state index is -4.71. The summed E-state index contributed by atoms with van der Waals surface area (Å²) >= 11 is 0. The second kappa shape index (κ2) is 6.92. The summed E-state index contributed by atoms with van der Waals surface area (Å²) in [6, 6.07) is 7.60. The lowest BCUT2D eigenvalue weighted by Crippen LogP contribution is -2.51. The molecule has 136 valence electrons. The quantitative estimate of drug-likeness (QED) is 0.812. The van der Waals surface area contributed by atoms with E-state index in [1.807, 2.05) is 6.07 Å². The molecule has 0 bridgehead atoms. The Morgan fingerprint density at radius 3 is 2.40 bits per heavy atom. The number of nitrogens with zero attached hydrogens (tertiary/aromatic N) is 2. The van der Waals surface area contributed by atoms with Crippen LogP contribution in [0, 0.1) is 11.3 Å². The highest BCUT2D eigenvalue weighted by Crippen LogP contribution is 2.34. The number of alkyl halides is 3. The molecular formula is C17H19F3N2O3. The first-order chi connectivity index (χ1) is 11.5. The summed E-state index contributed by atoms with van der Waals surface area (Å²) in [7, 11) is 0. The monoisotopic (exact) mass is 356 g/mol. The van der Waals surface area contributed by atoms with E-state index in [0.29, 0.717) is 16.0 Å². The average molecular weight is 356 g/mol. The Hall–Kier alpha value is -2.27. The van der Waals surface area contributed by atoms with Crippen LogP contribution in [0.1, 0.15) is 31.9 Å². The molecule has 1 aromatic rings. The molecule has 0 spiro atoms. The molecule has 1 aromatic carbocycles. The molecule has 1 saturated heterocycles. The van der Waals surface area contributed by atoms with Gasteiger partial charge in [0.05, 0.1) is 24.3 Å². The molecule has 1 amide bonds. The normalized spacial score (nSPS) is 21.1. The highest BCUT2D eigenvalue weighted by atomic mass is 19.4. The predicted molar refractivity (Wildman–Crippen MR) is 82.5 cm³/mol. The number of amides is 1. The molecule has 0 unspecified atom stereocenters. The van der Waals surface area contributed by atoms with Gasteiger partial charge in [-0.05, 0) is 44.9 Å². The summed E-state index contributed by atoms with van der Waals surface area (Å²) in [5, 5.41) is 8.80. The molecule has 5 nitrogen and oxygen atoms in total. The van der Waals surface area contributed by atoms with Gasteiger partial charge < -0.3 is 9.47 Å². The zero-order valence-electron chi connectivity index (χ0n) is 14.1. The molecule has 0 N–H and O–H groups in total. The molecule has 25 heavy (non-hydrogen) atoms. The van der Waals surface area contributed by atoms with Gasteiger partial charge in [0, 0.05) is 0 Å². The molecule has 0 aromatic heterocycles. The minimum absolute atomic E-state index is 0.164. The van der Waals surface area contributed by atoms with E-state index in [1.165, 1.54) is 0 Å². The predicted octanol–water partition coefficient (Wildman–Crippen LogP) is 3.63. The maximum Gasteiger partial charge on any atom is 0.433 e. The maximum absolute atomic E-state index is 13.2. The van der Waals surface area contributed by atoms with E-state index in [2.05, 4.69) is 0 Å². The Kier molecular flexibility index (Phi) is 5.28. The first-order valence-corrected chi connectivity index (χ1v) is 7.70. The highest BCUT2D eigenvalue weighted by Gasteiger charge is 2.54. The van der Waals surface area contributed by atoms with Crippen molar-refractivity contribution in [3.05, 3.63) is 35.4 Å². The highest BCUT2D eigenvalue weighted by molar-refractivity contribution is 5.69. The lowest BCUT2D eigenvalue weighted by Gasteiger charge is -2.31. The third kappa shape index (κ3) is 4.86. The topological polar surface area (TPSA) is 62.6 Å². The average Bonchev–Trinajstić information content (AvgIpc) is 2.90. The van der Waals surface area contributed by atoms with Gasteiger partial charge in [0.1, 0.15) is 5.60 Å². The van der Waals surface area contributed by atoms with Crippen LogP contribution in [-0.4, -0.2) is 41.6 Å². The van der Waals surface area contributed by atoms with Crippen molar-refractivity contribution in [1.82, 2.24) is 4.90 Å². The van der Waals surface area contributed by atoms with Crippen LogP contribution in [0.3, 0.4) is 0 Å². The van der Waals surface area contributed by atoms with E-state index >= 15 is 0 Å². The minimum Gasteiger partial charge on any atom is -0.444 e. The number of carbonyl (C=O) groups excluding carboxylic acids is 1. The van der Waals surface area contributed by atoms with Crippen molar-refractivity contribution in [2.75, 3.05) is 6.61 Å². The van der Waals surface area contributed by atoms with Gasteiger partial charge in [-0.2, -0.15) is 18.4 Å². The molecule has 1 aliphatic rings. The molecule has 8 heteroatoms. The SMILES string of the molecule is CC(C)(C)OC(=O)N1[C@@H](Cc2ccc(C#N)cc2)CO[C@H]1C(F)(F)F. The van der Waals surface area contributed by atoms with Gasteiger partial charge in [0.15, 0.2) is 0 Å². The molecule has 1 fully saturated rings. The Bertz CT molecular complexity index is 660. The van der Waals surface area contributed by atoms with E-state index in [0.717, 1.165) is 0 Å². The molecule has 0 aliphatic carbocycles. The van der Waals surface area contributed by atoms with Gasteiger partial charge in [-0.1, -0.05) is 12.1 Å². The first kappa shape index (κ1) is 19.1. The first-order valence-electron chi connectivity index (χ1n) is 7.70. The largest absolute Gasteiger partial charge is 0.444 e. The van der Waals surface area contributed by atoms with E-state index in [4.69, 9.17) is 14.7 Å². The standard InChI is InChI=1S/C17H19F3N2O3/c1-16(2,3)25-15(23)22-13(10-24-14(22)17(18,19)20)8-11-4-6-12(9-21)7-5-11/h4-7,13-14H,8,10H2,1-3H3/t13-,14-/m0/s1. The molecule has 2 atom stereocenters. The zero-order chi connectivity index (χ0) is 18.8. The van der Waals surface area contributed by atoms with E-state index in [1.54, 1.807) is 45.0 Å². The summed E-state index contributed by atoms with van der Waals surface area (Å²) in [5.74, 6) is 0. The van der Waals surface area contributed by atoms with Gasteiger partial charge in [0.2, 0.25) is 6.23 Å². The Labute approximate surface area is 143 Å². The van der Waals surface area contributed by atoms with Crippen molar-refractivity contribution in [1.29, 1.82) is 5.26 Å². The lowest BCUT2D eigenvalue weighted by molar-refractivity contribution is -0.236. The van der Waals surface area contributed by atoms with Gasteiger partial charge in [-0.25, -0.2) is 4.79 Å². The van der Waals surface area contributed by atoms with E-state index in [9.17, 15) is 18.0 Å². The van der Waals surface area contributed by atoms with Crippen LogP contribution in [0.2, 0.25) is 0 Å². The third-order valence-electron chi connectivity index (χ3n) is 3.53. The number of ether oxygens (including phenoxy) is 2. The molecule has 0 saturated carbocycles. The Morgan fingerprint density at radius 2 is 1.92 bits per heavy atom. The smallest absolute Gasteiger partial charge is 0.433 e. The van der Waals surface area contributed by atoms with Gasteiger partial charge >= 0.3 is 12.3 Å². The molecular weight excluding hydrogens is 337 g/mol. The van der Waals surface area contributed by atoms with Crippen molar-refractivity contribution < 1.29 is 27.4 Å². The van der Waals surface area contributed by atoms with Crippen LogP contribution in [0.4, 0.5) is 18.0 Å². The number of carbonyl (C=O) groups is 1. The van der Waals surface area contributed by atoms with Crippen LogP contribution in [0.15, 0.2) is 24.3 Å². The number of benzene rings is 1. The summed E-state index contributed by atoms with van der Waals surface area (Å²) in [6.45, 7) is 4.50. The Balaban J connectivity index is 2.22. The second-order valence-electron chi connectivity index (χ2n) is 6.78. The third-order valence-corrected chi connectivity index (χ3v) is 3.53. The second-order valence-corrected chi connectivity index (χ2v) is 6.78. The van der Waals surface area contributed by atoms with Crippen molar-refractivity contribution in [2.24, 2.45) is 0 Å². The zero-order valence-corrected chi connectivity index (χ0v) is 14.1. The fourth-order valence-corrected chi connectivity index (χ4v) is 2.51. The van der Waals surface area contributed by atoms with Crippen molar-refractivity contribution in [3.63, 3.8) is 0 Å². The van der Waals surface area contributed by atoms with Crippen LogP contribution in [0.5, 0.6) is 0 Å². The number of rotatable bonds is 2. The van der Waals surface area contributed by atoms with Crippen LogP contribution in [0.25, 0.3) is 0 Å². The van der Waals surface area contributed by atoms with Crippen molar-refractivity contribution >= 4 is 6.09 Å². The van der Waals surface area contributed by atoms with Crippen molar-refractivity contribution in [3.8, 4) is 6.07 Å². The van der Waals surface area contributed by atoms with Crippen LogP contribution < -0.4 is 0 Å². The van der Waals surface area contributed by atoms with Gasteiger partial charge in [-0.15, -0.1) is 0 Å². The fraction of sp³-hybridized carbons (Fsp3) is 0.529.